The lowest BCUT2D eigenvalue weighted by Gasteiger charge is -2.16. The van der Waals surface area contributed by atoms with E-state index < -0.39 is 11.5 Å². The molecule has 1 aromatic heterocycles. The van der Waals surface area contributed by atoms with Crippen molar-refractivity contribution in [1.82, 2.24) is 10.3 Å². The maximum absolute atomic E-state index is 11.0. The summed E-state index contributed by atoms with van der Waals surface area (Å²) in [5.41, 5.74) is 0.615. The first kappa shape index (κ1) is 12.8. The summed E-state index contributed by atoms with van der Waals surface area (Å²) in [6.07, 6.45) is 2.66. The average molecular weight is 252 g/mol. The largest absolute Gasteiger partial charge is 0.506 e. The minimum Gasteiger partial charge on any atom is -0.506 e. The molecule has 2 rings (SSSR count). The Bertz CT molecular complexity index is 483. The van der Waals surface area contributed by atoms with E-state index >= 15 is 0 Å². The summed E-state index contributed by atoms with van der Waals surface area (Å²) >= 11 is 0. The van der Waals surface area contributed by atoms with Gasteiger partial charge in [0, 0.05) is 23.9 Å². The molecule has 1 aromatic rings. The van der Waals surface area contributed by atoms with Gasteiger partial charge in [-0.15, -0.1) is 0 Å². The molecular weight excluding hydrogens is 236 g/mol. The number of carboxylic acid groups (broad SMARTS) is 1. The van der Waals surface area contributed by atoms with Crippen LogP contribution in [0.25, 0.3) is 0 Å². The number of hydrogen-bond acceptors (Lipinski definition) is 5. The normalized spacial score (nSPS) is 16.6. The van der Waals surface area contributed by atoms with E-state index in [-0.39, 0.29) is 18.9 Å². The average Bonchev–Trinajstić information content (AvgIpc) is 3.12. The van der Waals surface area contributed by atoms with Crippen molar-refractivity contribution in [3.63, 3.8) is 0 Å². The van der Waals surface area contributed by atoms with Gasteiger partial charge in [-0.2, -0.15) is 0 Å². The Morgan fingerprint density at radius 2 is 2.22 bits per heavy atom. The quantitative estimate of drug-likeness (QED) is 0.601. The minimum absolute atomic E-state index is 0.00948. The summed E-state index contributed by atoms with van der Waals surface area (Å²) in [6, 6.07) is 0. The molecule has 1 fully saturated rings. The van der Waals surface area contributed by atoms with Crippen LogP contribution in [-0.4, -0.2) is 31.8 Å². The molecule has 0 aliphatic heterocycles. The Morgan fingerprint density at radius 1 is 1.56 bits per heavy atom. The van der Waals surface area contributed by atoms with Crippen molar-refractivity contribution < 1.29 is 20.1 Å². The number of aliphatic hydroxyl groups excluding tert-OH is 1. The number of rotatable bonds is 5. The molecule has 4 N–H and O–H groups in total. The molecule has 6 nitrogen and oxygen atoms in total. The van der Waals surface area contributed by atoms with Gasteiger partial charge in [-0.3, -0.25) is 15.1 Å². The fourth-order valence-electron chi connectivity index (χ4n) is 1.87. The number of aromatic nitrogens is 1. The number of aryl methyl sites for hydroxylation is 1. The SMILES string of the molecule is Cc1ncc(CO)c(CNC2(C(=O)O)CC2)c1O. The zero-order valence-corrected chi connectivity index (χ0v) is 10.1. The van der Waals surface area contributed by atoms with Crippen molar-refractivity contribution in [2.45, 2.75) is 38.5 Å². The summed E-state index contributed by atoms with van der Waals surface area (Å²) in [7, 11) is 0. The molecular formula is C12H16N2O4. The van der Waals surface area contributed by atoms with Gasteiger partial charge >= 0.3 is 5.97 Å². The van der Waals surface area contributed by atoms with E-state index in [0.29, 0.717) is 29.7 Å². The highest BCUT2D eigenvalue weighted by Gasteiger charge is 2.49. The van der Waals surface area contributed by atoms with E-state index in [1.165, 1.54) is 6.20 Å². The van der Waals surface area contributed by atoms with Crippen molar-refractivity contribution >= 4 is 5.97 Å². The van der Waals surface area contributed by atoms with Gasteiger partial charge in [0.2, 0.25) is 0 Å². The van der Waals surface area contributed by atoms with Crippen LogP contribution < -0.4 is 5.32 Å². The van der Waals surface area contributed by atoms with E-state index in [2.05, 4.69) is 10.3 Å². The van der Waals surface area contributed by atoms with Crippen molar-refractivity contribution in [2.75, 3.05) is 0 Å². The van der Waals surface area contributed by atoms with Crippen molar-refractivity contribution in [3.8, 4) is 5.75 Å². The number of aliphatic carboxylic acids is 1. The maximum Gasteiger partial charge on any atom is 0.323 e. The van der Waals surface area contributed by atoms with Crippen LogP contribution in [0.2, 0.25) is 0 Å². The van der Waals surface area contributed by atoms with Gasteiger partial charge in [0.25, 0.3) is 0 Å². The van der Waals surface area contributed by atoms with E-state index in [1.54, 1.807) is 6.92 Å². The molecule has 0 unspecified atom stereocenters. The first-order valence-electron chi connectivity index (χ1n) is 5.76. The number of nitrogens with zero attached hydrogens (tertiary/aromatic N) is 1. The highest BCUT2D eigenvalue weighted by atomic mass is 16.4. The van der Waals surface area contributed by atoms with Crippen LogP contribution >= 0.6 is 0 Å². The Hall–Kier alpha value is -1.66. The monoisotopic (exact) mass is 252 g/mol. The third kappa shape index (κ3) is 2.16. The van der Waals surface area contributed by atoms with E-state index in [9.17, 15) is 15.0 Å². The highest BCUT2D eigenvalue weighted by Crippen LogP contribution is 2.36. The van der Waals surface area contributed by atoms with Gasteiger partial charge in [0.05, 0.1) is 12.3 Å². The van der Waals surface area contributed by atoms with Crippen molar-refractivity contribution in [1.29, 1.82) is 0 Å². The fourth-order valence-corrected chi connectivity index (χ4v) is 1.87. The number of carboxylic acids is 1. The van der Waals surface area contributed by atoms with Crippen LogP contribution in [0.15, 0.2) is 6.20 Å². The van der Waals surface area contributed by atoms with Gasteiger partial charge in [-0.05, 0) is 19.8 Å². The number of pyridine rings is 1. The van der Waals surface area contributed by atoms with Gasteiger partial charge in [0.1, 0.15) is 11.3 Å². The number of aliphatic hydroxyl groups is 1. The molecule has 0 bridgehead atoms. The summed E-state index contributed by atoms with van der Waals surface area (Å²) in [4.78, 5) is 15.0. The molecule has 0 amide bonds. The lowest BCUT2D eigenvalue weighted by Crippen LogP contribution is -2.38. The topological polar surface area (TPSA) is 103 Å². The minimum atomic E-state index is -0.877. The molecule has 0 aromatic carbocycles. The number of nitrogens with one attached hydrogen (secondary N) is 1. The highest BCUT2D eigenvalue weighted by molar-refractivity contribution is 5.82. The Kier molecular flexibility index (Phi) is 3.23. The molecule has 18 heavy (non-hydrogen) atoms. The first-order valence-corrected chi connectivity index (χ1v) is 5.76. The molecule has 98 valence electrons. The number of aromatic hydroxyl groups is 1. The molecule has 0 spiro atoms. The summed E-state index contributed by atoms with van der Waals surface area (Å²) in [6.45, 7) is 1.62. The van der Waals surface area contributed by atoms with Gasteiger partial charge in [-0.25, -0.2) is 0 Å². The predicted octanol–water partition coefficient (Wildman–Crippen LogP) is 0.295. The third-order valence-electron chi connectivity index (χ3n) is 3.36. The van der Waals surface area contributed by atoms with Crippen molar-refractivity contribution in [3.05, 3.63) is 23.0 Å². The lowest BCUT2D eigenvalue weighted by molar-refractivity contribution is -0.140. The van der Waals surface area contributed by atoms with E-state index in [4.69, 9.17) is 5.11 Å². The Morgan fingerprint density at radius 3 is 2.72 bits per heavy atom. The fraction of sp³-hybridized carbons (Fsp3) is 0.500. The Labute approximate surface area is 104 Å². The number of carbonyl (C=O) groups is 1. The zero-order chi connectivity index (χ0) is 13.3. The van der Waals surface area contributed by atoms with Gasteiger partial charge in [-0.1, -0.05) is 0 Å². The van der Waals surface area contributed by atoms with Crippen molar-refractivity contribution in [2.24, 2.45) is 0 Å². The number of hydrogen-bond donors (Lipinski definition) is 4. The van der Waals surface area contributed by atoms with Crippen LogP contribution in [0.1, 0.15) is 29.7 Å². The van der Waals surface area contributed by atoms with E-state index in [0.717, 1.165) is 0 Å². The summed E-state index contributed by atoms with van der Waals surface area (Å²) in [5.74, 6) is -0.867. The molecule has 0 saturated heterocycles. The molecule has 0 radical (unpaired) electrons. The molecule has 6 heteroatoms. The standard InChI is InChI=1S/C12H16N2O4/c1-7-10(16)9(8(6-15)4-13-7)5-14-12(2-3-12)11(17)18/h4,14-16H,2-3,5-6H2,1H3,(H,17,18). The second-order valence-corrected chi connectivity index (χ2v) is 4.59. The maximum atomic E-state index is 11.0. The Balaban J connectivity index is 2.19. The van der Waals surface area contributed by atoms with Gasteiger partial charge in [0.15, 0.2) is 0 Å². The second-order valence-electron chi connectivity index (χ2n) is 4.59. The lowest BCUT2D eigenvalue weighted by atomic mass is 10.1. The summed E-state index contributed by atoms with van der Waals surface area (Å²) in [5, 5.41) is 31.1. The predicted molar refractivity (Wildman–Crippen MR) is 63.0 cm³/mol. The molecule has 1 saturated carbocycles. The van der Waals surface area contributed by atoms with Crippen LogP contribution in [0, 0.1) is 6.92 Å². The first-order chi connectivity index (χ1) is 8.50. The van der Waals surface area contributed by atoms with Crippen LogP contribution in [0.4, 0.5) is 0 Å². The third-order valence-corrected chi connectivity index (χ3v) is 3.36. The molecule has 0 atom stereocenters. The smallest absolute Gasteiger partial charge is 0.323 e. The second kappa shape index (κ2) is 4.55. The molecule has 1 heterocycles. The van der Waals surface area contributed by atoms with E-state index in [1.807, 2.05) is 0 Å². The zero-order valence-electron chi connectivity index (χ0n) is 10.1. The van der Waals surface area contributed by atoms with Crippen LogP contribution in [-0.2, 0) is 17.9 Å². The summed E-state index contributed by atoms with van der Waals surface area (Å²) < 4.78 is 0. The van der Waals surface area contributed by atoms with Gasteiger partial charge < -0.3 is 15.3 Å². The van der Waals surface area contributed by atoms with Crippen LogP contribution in [0.3, 0.4) is 0 Å². The molecule has 1 aliphatic carbocycles. The van der Waals surface area contributed by atoms with Crippen LogP contribution in [0.5, 0.6) is 5.75 Å². The molecule has 1 aliphatic rings.